The van der Waals surface area contributed by atoms with E-state index in [0.717, 1.165) is 10.5 Å². The molecule has 1 aliphatic heterocycles. The second-order valence-electron chi connectivity index (χ2n) is 5.04. The average molecular weight is 303 g/mol. The molecule has 0 spiro atoms. The first-order valence-electron chi connectivity index (χ1n) is 6.48. The fourth-order valence-corrected chi connectivity index (χ4v) is 2.51. The molecule has 2 nitrogen and oxygen atoms in total. The van der Waals surface area contributed by atoms with Crippen molar-refractivity contribution < 1.29 is 18.0 Å². The average Bonchev–Trinajstić information content (AvgIpc) is 2.40. The van der Waals surface area contributed by atoms with Crippen molar-refractivity contribution in [2.24, 2.45) is 5.92 Å². The molecular formula is C14H16F3NOS. The van der Waals surface area contributed by atoms with Gasteiger partial charge in [0, 0.05) is 18.0 Å². The van der Waals surface area contributed by atoms with Gasteiger partial charge in [0.15, 0.2) is 0 Å². The first-order valence-corrected chi connectivity index (χ1v) is 6.93. The van der Waals surface area contributed by atoms with Crippen LogP contribution in [0.15, 0.2) is 29.2 Å². The van der Waals surface area contributed by atoms with E-state index in [0.29, 0.717) is 0 Å². The highest BCUT2D eigenvalue weighted by atomic mass is 32.1. The maximum Gasteiger partial charge on any atom is 0.391 e. The lowest BCUT2D eigenvalue weighted by Crippen LogP contribution is -2.42. The van der Waals surface area contributed by atoms with Gasteiger partial charge in [0.2, 0.25) is 5.91 Å². The number of carbonyl (C=O) groups excluding carboxylic acids is 1. The predicted molar refractivity (Wildman–Crippen MR) is 72.8 cm³/mol. The summed E-state index contributed by atoms with van der Waals surface area (Å²) in [5, 5.41) is 0. The molecule has 1 aliphatic rings. The minimum absolute atomic E-state index is 0.00478. The summed E-state index contributed by atoms with van der Waals surface area (Å²) >= 11 is 4.16. The van der Waals surface area contributed by atoms with Crippen molar-refractivity contribution in [1.29, 1.82) is 0 Å². The molecule has 1 amide bonds. The van der Waals surface area contributed by atoms with Gasteiger partial charge in [0.05, 0.1) is 12.3 Å². The highest BCUT2D eigenvalue weighted by Crippen LogP contribution is 2.34. The molecule has 0 N–H and O–H groups in total. The minimum Gasteiger partial charge on any atom is -0.342 e. The molecule has 1 saturated heterocycles. The van der Waals surface area contributed by atoms with Crippen molar-refractivity contribution in [3.8, 4) is 0 Å². The normalized spacial score (nSPS) is 17.3. The van der Waals surface area contributed by atoms with Crippen LogP contribution in [0.2, 0.25) is 0 Å². The maximum absolute atomic E-state index is 12.5. The van der Waals surface area contributed by atoms with E-state index in [1.807, 2.05) is 12.1 Å². The Morgan fingerprint density at radius 1 is 1.20 bits per heavy atom. The number of nitrogens with zero attached hydrogens (tertiary/aromatic N) is 1. The molecule has 0 atom stereocenters. The molecule has 0 radical (unpaired) electrons. The third-order valence-corrected chi connectivity index (χ3v) is 3.90. The lowest BCUT2D eigenvalue weighted by atomic mass is 9.96. The van der Waals surface area contributed by atoms with Crippen molar-refractivity contribution in [1.82, 2.24) is 4.90 Å². The first-order chi connectivity index (χ1) is 9.36. The van der Waals surface area contributed by atoms with Gasteiger partial charge in [0.25, 0.3) is 0 Å². The van der Waals surface area contributed by atoms with E-state index in [1.165, 1.54) is 4.90 Å². The summed E-state index contributed by atoms with van der Waals surface area (Å²) in [4.78, 5) is 14.4. The Morgan fingerprint density at radius 2 is 1.75 bits per heavy atom. The molecular weight excluding hydrogens is 287 g/mol. The van der Waals surface area contributed by atoms with Gasteiger partial charge in [-0.3, -0.25) is 4.79 Å². The standard InChI is InChI=1S/C14H16F3NOS/c15-14(16,17)11-5-7-18(8-6-11)13(19)9-10-1-3-12(20)4-2-10/h1-4,11,20H,5-9H2. The topological polar surface area (TPSA) is 20.3 Å². The number of hydrogen-bond acceptors (Lipinski definition) is 2. The second kappa shape index (κ2) is 6.08. The van der Waals surface area contributed by atoms with E-state index in [1.54, 1.807) is 12.1 Å². The summed E-state index contributed by atoms with van der Waals surface area (Å²) in [5.41, 5.74) is 0.853. The van der Waals surface area contributed by atoms with Crippen LogP contribution in [0.25, 0.3) is 0 Å². The number of piperidine rings is 1. The summed E-state index contributed by atoms with van der Waals surface area (Å²) in [6.07, 6.45) is -3.90. The molecule has 0 unspecified atom stereocenters. The molecule has 1 aromatic rings. The van der Waals surface area contributed by atoms with Crippen LogP contribution in [0.3, 0.4) is 0 Å². The van der Waals surface area contributed by atoms with Crippen LogP contribution in [0, 0.1) is 5.92 Å². The van der Waals surface area contributed by atoms with Crippen LogP contribution in [0.5, 0.6) is 0 Å². The molecule has 110 valence electrons. The summed E-state index contributed by atoms with van der Waals surface area (Å²) in [7, 11) is 0. The highest BCUT2D eigenvalue weighted by molar-refractivity contribution is 7.80. The monoisotopic (exact) mass is 303 g/mol. The van der Waals surface area contributed by atoms with E-state index in [9.17, 15) is 18.0 Å². The Balaban J connectivity index is 1.87. The molecule has 20 heavy (non-hydrogen) atoms. The number of thiol groups is 1. The number of alkyl halides is 3. The van der Waals surface area contributed by atoms with Gasteiger partial charge in [-0.2, -0.15) is 13.2 Å². The van der Waals surface area contributed by atoms with Crippen molar-refractivity contribution in [2.45, 2.75) is 30.3 Å². The van der Waals surface area contributed by atoms with E-state index >= 15 is 0 Å². The van der Waals surface area contributed by atoms with Gasteiger partial charge in [0.1, 0.15) is 0 Å². The summed E-state index contributed by atoms with van der Waals surface area (Å²) in [6.45, 7) is 0.376. The van der Waals surface area contributed by atoms with Crippen LogP contribution < -0.4 is 0 Å². The van der Waals surface area contributed by atoms with Crippen LogP contribution in [0.4, 0.5) is 13.2 Å². The molecule has 0 bridgehead atoms. The first kappa shape index (κ1) is 15.2. The lowest BCUT2D eigenvalue weighted by Gasteiger charge is -2.33. The van der Waals surface area contributed by atoms with Crippen molar-refractivity contribution in [3.05, 3.63) is 29.8 Å². The fourth-order valence-electron chi connectivity index (χ4n) is 2.36. The Hall–Kier alpha value is -1.17. The molecule has 1 aromatic carbocycles. The summed E-state index contributed by atoms with van der Waals surface area (Å²) in [6, 6.07) is 7.20. The van der Waals surface area contributed by atoms with Crippen molar-refractivity contribution in [3.63, 3.8) is 0 Å². The molecule has 0 aromatic heterocycles. The third kappa shape index (κ3) is 3.91. The number of likely N-dealkylation sites (tertiary alicyclic amines) is 1. The minimum atomic E-state index is -4.14. The Morgan fingerprint density at radius 3 is 2.25 bits per heavy atom. The van der Waals surface area contributed by atoms with E-state index in [4.69, 9.17) is 0 Å². The number of carbonyl (C=O) groups is 1. The van der Waals surface area contributed by atoms with E-state index < -0.39 is 12.1 Å². The van der Waals surface area contributed by atoms with Gasteiger partial charge < -0.3 is 4.90 Å². The van der Waals surface area contributed by atoms with Crippen LogP contribution in [0.1, 0.15) is 18.4 Å². The molecule has 0 saturated carbocycles. The van der Waals surface area contributed by atoms with Crippen molar-refractivity contribution in [2.75, 3.05) is 13.1 Å². The fraction of sp³-hybridized carbons (Fsp3) is 0.500. The van der Waals surface area contributed by atoms with Crippen LogP contribution in [-0.2, 0) is 11.2 Å². The molecule has 1 heterocycles. The van der Waals surface area contributed by atoms with E-state index in [-0.39, 0.29) is 38.3 Å². The number of benzene rings is 1. The zero-order valence-electron chi connectivity index (χ0n) is 10.9. The highest BCUT2D eigenvalue weighted by Gasteiger charge is 2.41. The van der Waals surface area contributed by atoms with Crippen LogP contribution >= 0.6 is 12.6 Å². The SMILES string of the molecule is O=C(Cc1ccc(S)cc1)N1CCC(C(F)(F)F)CC1. The quantitative estimate of drug-likeness (QED) is 0.831. The Bertz CT molecular complexity index is 464. The Kier molecular flexibility index (Phi) is 4.62. The lowest BCUT2D eigenvalue weighted by molar-refractivity contribution is -0.186. The molecule has 1 fully saturated rings. The van der Waals surface area contributed by atoms with Gasteiger partial charge >= 0.3 is 6.18 Å². The zero-order chi connectivity index (χ0) is 14.8. The molecule has 6 heteroatoms. The smallest absolute Gasteiger partial charge is 0.342 e. The van der Waals surface area contributed by atoms with Crippen LogP contribution in [-0.4, -0.2) is 30.1 Å². The summed E-state index contributed by atoms with van der Waals surface area (Å²) in [5.74, 6) is -1.38. The van der Waals surface area contributed by atoms with Gasteiger partial charge in [-0.1, -0.05) is 12.1 Å². The number of halogens is 3. The third-order valence-electron chi connectivity index (χ3n) is 3.60. The predicted octanol–water partition coefficient (Wildman–Crippen LogP) is 3.32. The second-order valence-corrected chi connectivity index (χ2v) is 5.56. The van der Waals surface area contributed by atoms with E-state index in [2.05, 4.69) is 12.6 Å². The molecule has 0 aliphatic carbocycles. The van der Waals surface area contributed by atoms with Crippen molar-refractivity contribution >= 4 is 18.5 Å². The van der Waals surface area contributed by atoms with Gasteiger partial charge in [-0.05, 0) is 30.5 Å². The summed E-state index contributed by atoms with van der Waals surface area (Å²) < 4.78 is 37.6. The zero-order valence-corrected chi connectivity index (χ0v) is 11.8. The maximum atomic E-state index is 12.5. The van der Waals surface area contributed by atoms with Gasteiger partial charge in [-0.15, -0.1) is 12.6 Å². The number of hydrogen-bond donors (Lipinski definition) is 1. The molecule has 2 rings (SSSR count). The number of amides is 1. The Labute approximate surface area is 121 Å². The largest absolute Gasteiger partial charge is 0.391 e. The van der Waals surface area contributed by atoms with Gasteiger partial charge in [-0.25, -0.2) is 0 Å². The number of rotatable bonds is 2.